The maximum atomic E-state index is 6.02. The number of nitrogens with zero attached hydrogens (tertiary/aromatic N) is 1. The van der Waals surface area contributed by atoms with Gasteiger partial charge in [0.2, 0.25) is 0 Å². The third-order valence-electron chi connectivity index (χ3n) is 4.58. The number of ether oxygens (including phenoxy) is 3. The van der Waals surface area contributed by atoms with Gasteiger partial charge in [0.1, 0.15) is 6.61 Å². The van der Waals surface area contributed by atoms with E-state index in [0.29, 0.717) is 6.61 Å². The minimum absolute atomic E-state index is 0.529. The molecule has 0 radical (unpaired) electrons. The molecule has 2 aromatic carbocycles. The minimum atomic E-state index is 0.529. The number of morpholine rings is 1. The summed E-state index contributed by atoms with van der Waals surface area (Å²) in [6.45, 7) is 5.45. The van der Waals surface area contributed by atoms with Crippen LogP contribution >= 0.6 is 15.9 Å². The number of benzene rings is 2. The Morgan fingerprint density at radius 2 is 1.73 bits per heavy atom. The molecule has 0 spiro atoms. The number of methoxy groups -OCH3 is 1. The molecule has 0 aromatic heterocycles. The molecule has 1 saturated heterocycles. The van der Waals surface area contributed by atoms with Gasteiger partial charge in [-0.1, -0.05) is 34.1 Å². The van der Waals surface area contributed by atoms with Crippen LogP contribution in [0.4, 0.5) is 0 Å². The number of aryl methyl sites for hydroxylation is 1. The van der Waals surface area contributed by atoms with E-state index in [0.717, 1.165) is 67.2 Å². The average Bonchev–Trinajstić information content (AvgIpc) is 2.68. The van der Waals surface area contributed by atoms with E-state index >= 15 is 0 Å². The van der Waals surface area contributed by atoms with E-state index in [1.54, 1.807) is 7.11 Å². The summed E-state index contributed by atoms with van der Waals surface area (Å²) >= 11 is 3.46. The zero-order valence-corrected chi connectivity index (χ0v) is 16.8. The van der Waals surface area contributed by atoms with Crippen LogP contribution in [0.15, 0.2) is 46.9 Å². The molecule has 3 rings (SSSR count). The predicted octanol–water partition coefficient (Wildman–Crippen LogP) is 4.30. The van der Waals surface area contributed by atoms with Crippen molar-refractivity contribution in [2.24, 2.45) is 0 Å². The summed E-state index contributed by atoms with van der Waals surface area (Å²) in [5, 5.41) is 0. The van der Waals surface area contributed by atoms with E-state index in [-0.39, 0.29) is 0 Å². The third-order valence-corrected chi connectivity index (χ3v) is 5.11. The Labute approximate surface area is 164 Å². The van der Waals surface area contributed by atoms with Gasteiger partial charge in [0.15, 0.2) is 11.5 Å². The smallest absolute Gasteiger partial charge is 0.161 e. The molecule has 4 nitrogen and oxygen atoms in total. The number of rotatable bonds is 8. The number of hydrogen-bond acceptors (Lipinski definition) is 4. The van der Waals surface area contributed by atoms with Crippen LogP contribution in [0.5, 0.6) is 11.5 Å². The Morgan fingerprint density at radius 1 is 1.00 bits per heavy atom. The Bertz CT molecular complexity index is 684. The fourth-order valence-corrected chi connectivity index (χ4v) is 3.33. The lowest BCUT2D eigenvalue weighted by Gasteiger charge is -2.26. The molecule has 1 aliphatic rings. The normalized spacial score (nSPS) is 15.0. The van der Waals surface area contributed by atoms with E-state index in [9.17, 15) is 0 Å². The van der Waals surface area contributed by atoms with Crippen LogP contribution in [0.1, 0.15) is 17.5 Å². The molecule has 0 amide bonds. The van der Waals surface area contributed by atoms with Crippen LogP contribution in [0.3, 0.4) is 0 Å². The molecule has 1 fully saturated rings. The second-order valence-corrected chi connectivity index (χ2v) is 7.37. The van der Waals surface area contributed by atoms with Crippen molar-refractivity contribution in [1.29, 1.82) is 0 Å². The monoisotopic (exact) mass is 419 g/mol. The van der Waals surface area contributed by atoms with Gasteiger partial charge in [-0.3, -0.25) is 4.90 Å². The van der Waals surface area contributed by atoms with Gasteiger partial charge in [-0.15, -0.1) is 0 Å². The number of halogens is 1. The predicted molar refractivity (Wildman–Crippen MR) is 107 cm³/mol. The quantitative estimate of drug-likeness (QED) is 0.637. The molecule has 26 heavy (non-hydrogen) atoms. The molecule has 0 N–H and O–H groups in total. The van der Waals surface area contributed by atoms with Gasteiger partial charge < -0.3 is 14.2 Å². The standard InChI is InChI=1S/C21H26BrNO3/c1-24-20-9-6-17(3-2-10-23-11-13-25-14-12-23)15-21(20)26-16-18-4-7-19(22)8-5-18/h4-9,15H,2-3,10-14,16H2,1H3. The van der Waals surface area contributed by atoms with Crippen LogP contribution < -0.4 is 9.47 Å². The van der Waals surface area contributed by atoms with Crippen molar-refractivity contribution in [2.45, 2.75) is 19.4 Å². The lowest BCUT2D eigenvalue weighted by molar-refractivity contribution is 0.0374. The number of hydrogen-bond donors (Lipinski definition) is 0. The van der Waals surface area contributed by atoms with Gasteiger partial charge in [0.25, 0.3) is 0 Å². The first-order valence-electron chi connectivity index (χ1n) is 9.09. The van der Waals surface area contributed by atoms with Crippen molar-refractivity contribution >= 4 is 15.9 Å². The summed E-state index contributed by atoms with van der Waals surface area (Å²) in [5.74, 6) is 1.58. The van der Waals surface area contributed by atoms with E-state index in [2.05, 4.69) is 45.1 Å². The van der Waals surface area contributed by atoms with Crippen molar-refractivity contribution in [3.63, 3.8) is 0 Å². The fraction of sp³-hybridized carbons (Fsp3) is 0.429. The molecule has 5 heteroatoms. The van der Waals surface area contributed by atoms with Crippen molar-refractivity contribution in [3.8, 4) is 11.5 Å². The second kappa shape index (κ2) is 9.95. The maximum absolute atomic E-state index is 6.02. The zero-order valence-electron chi connectivity index (χ0n) is 15.2. The Kier molecular flexibility index (Phi) is 7.35. The summed E-state index contributed by atoms with van der Waals surface area (Å²) in [7, 11) is 1.68. The first-order chi connectivity index (χ1) is 12.7. The van der Waals surface area contributed by atoms with Crippen LogP contribution in [-0.2, 0) is 17.8 Å². The van der Waals surface area contributed by atoms with Gasteiger partial charge >= 0.3 is 0 Å². The van der Waals surface area contributed by atoms with E-state index in [4.69, 9.17) is 14.2 Å². The highest BCUT2D eigenvalue weighted by Crippen LogP contribution is 2.29. The van der Waals surface area contributed by atoms with Crippen LogP contribution in [0.2, 0.25) is 0 Å². The summed E-state index contributed by atoms with van der Waals surface area (Å²) in [6.07, 6.45) is 2.18. The van der Waals surface area contributed by atoms with Gasteiger partial charge in [0.05, 0.1) is 20.3 Å². The van der Waals surface area contributed by atoms with Gasteiger partial charge in [-0.25, -0.2) is 0 Å². The lowest BCUT2D eigenvalue weighted by atomic mass is 10.1. The molecular formula is C21H26BrNO3. The molecule has 0 saturated carbocycles. The minimum Gasteiger partial charge on any atom is -0.493 e. The fourth-order valence-electron chi connectivity index (χ4n) is 3.06. The van der Waals surface area contributed by atoms with Crippen LogP contribution in [0, 0.1) is 0 Å². The van der Waals surface area contributed by atoms with Gasteiger partial charge in [-0.2, -0.15) is 0 Å². The van der Waals surface area contributed by atoms with E-state index in [1.165, 1.54) is 5.56 Å². The first-order valence-corrected chi connectivity index (χ1v) is 9.88. The highest BCUT2D eigenvalue weighted by Gasteiger charge is 2.10. The summed E-state index contributed by atoms with van der Waals surface area (Å²) in [6, 6.07) is 14.4. The summed E-state index contributed by atoms with van der Waals surface area (Å²) < 4.78 is 17.9. The second-order valence-electron chi connectivity index (χ2n) is 6.46. The van der Waals surface area contributed by atoms with E-state index in [1.807, 2.05) is 18.2 Å². The average molecular weight is 420 g/mol. The van der Waals surface area contributed by atoms with Gasteiger partial charge in [-0.05, 0) is 54.8 Å². The van der Waals surface area contributed by atoms with Gasteiger partial charge in [0, 0.05) is 17.6 Å². The van der Waals surface area contributed by atoms with Crippen LogP contribution in [0.25, 0.3) is 0 Å². The zero-order chi connectivity index (χ0) is 18.2. The highest BCUT2D eigenvalue weighted by atomic mass is 79.9. The maximum Gasteiger partial charge on any atom is 0.161 e. The van der Waals surface area contributed by atoms with Crippen molar-refractivity contribution in [3.05, 3.63) is 58.1 Å². The molecule has 140 valence electrons. The first kappa shape index (κ1) is 19.2. The topological polar surface area (TPSA) is 30.9 Å². The molecule has 1 aliphatic heterocycles. The molecule has 0 atom stereocenters. The Morgan fingerprint density at radius 3 is 2.46 bits per heavy atom. The lowest BCUT2D eigenvalue weighted by Crippen LogP contribution is -2.36. The molecule has 1 heterocycles. The molecule has 2 aromatic rings. The summed E-state index contributed by atoms with van der Waals surface area (Å²) in [5.41, 5.74) is 2.41. The SMILES string of the molecule is COc1ccc(CCCN2CCOCC2)cc1OCc1ccc(Br)cc1. The van der Waals surface area contributed by atoms with Crippen molar-refractivity contribution in [2.75, 3.05) is 40.0 Å². The van der Waals surface area contributed by atoms with Crippen molar-refractivity contribution in [1.82, 2.24) is 4.90 Å². The highest BCUT2D eigenvalue weighted by molar-refractivity contribution is 9.10. The summed E-state index contributed by atoms with van der Waals surface area (Å²) in [4.78, 5) is 2.47. The Hall–Kier alpha value is -1.56. The molecule has 0 unspecified atom stereocenters. The third kappa shape index (κ3) is 5.73. The van der Waals surface area contributed by atoms with E-state index < -0.39 is 0 Å². The van der Waals surface area contributed by atoms with Crippen LogP contribution in [-0.4, -0.2) is 44.9 Å². The molecule has 0 aliphatic carbocycles. The Balaban J connectivity index is 1.55. The molecule has 0 bridgehead atoms. The van der Waals surface area contributed by atoms with Crippen molar-refractivity contribution < 1.29 is 14.2 Å². The largest absolute Gasteiger partial charge is 0.493 e. The molecular weight excluding hydrogens is 394 g/mol.